The van der Waals surface area contributed by atoms with Crippen LogP contribution in [-0.2, 0) is 11.3 Å². The largest absolute Gasteiger partial charge is 0.439 e. The number of rotatable bonds is 5. The first kappa shape index (κ1) is 16.4. The van der Waals surface area contributed by atoms with Crippen molar-refractivity contribution in [1.82, 2.24) is 10.3 Å². The van der Waals surface area contributed by atoms with Gasteiger partial charge in [-0.05, 0) is 30.5 Å². The second-order valence-corrected chi connectivity index (χ2v) is 6.11. The van der Waals surface area contributed by atoms with E-state index >= 15 is 0 Å². The molecule has 0 spiro atoms. The monoisotopic (exact) mass is 329 g/mol. The maximum atomic E-state index is 13.1. The van der Waals surface area contributed by atoms with E-state index < -0.39 is 5.54 Å². The van der Waals surface area contributed by atoms with Crippen molar-refractivity contribution >= 4 is 5.91 Å². The Kier molecular flexibility index (Phi) is 4.76. The molecule has 0 radical (unpaired) electrons. The van der Waals surface area contributed by atoms with Crippen molar-refractivity contribution in [3.63, 3.8) is 0 Å². The molecule has 0 unspecified atom stereocenters. The maximum Gasteiger partial charge on any atom is 0.240 e. The molecule has 0 bridgehead atoms. The number of halogens is 1. The van der Waals surface area contributed by atoms with Crippen molar-refractivity contribution in [2.75, 3.05) is 0 Å². The lowest BCUT2D eigenvalue weighted by Gasteiger charge is -2.22. The second kappa shape index (κ2) is 6.97. The van der Waals surface area contributed by atoms with Crippen LogP contribution in [0.1, 0.15) is 31.2 Å². The van der Waals surface area contributed by atoms with Crippen molar-refractivity contribution in [2.45, 2.75) is 37.8 Å². The van der Waals surface area contributed by atoms with E-state index in [-0.39, 0.29) is 11.7 Å². The molecule has 126 valence electrons. The Labute approximate surface area is 140 Å². The highest BCUT2D eigenvalue weighted by Gasteiger charge is 2.36. The molecule has 1 aromatic heterocycles. The summed E-state index contributed by atoms with van der Waals surface area (Å²) in [6.07, 6.45) is 5.08. The predicted octanol–water partition coefficient (Wildman–Crippen LogP) is 2.90. The van der Waals surface area contributed by atoms with Crippen molar-refractivity contribution in [1.29, 1.82) is 0 Å². The normalized spacial score (nSPS) is 15.9. The molecule has 2 aromatic rings. The number of amides is 1. The summed E-state index contributed by atoms with van der Waals surface area (Å²) < 4.78 is 18.6. The van der Waals surface area contributed by atoms with Gasteiger partial charge < -0.3 is 15.8 Å². The third-order valence-electron chi connectivity index (χ3n) is 4.22. The van der Waals surface area contributed by atoms with E-state index in [2.05, 4.69) is 10.3 Å². The average molecular weight is 329 g/mol. The molecule has 3 N–H and O–H groups in total. The molecule has 5 nitrogen and oxygen atoms in total. The first-order chi connectivity index (χ1) is 11.5. The predicted molar refractivity (Wildman–Crippen MR) is 87.9 cm³/mol. The lowest BCUT2D eigenvalue weighted by molar-refractivity contribution is -0.126. The number of benzene rings is 1. The molecule has 1 fully saturated rings. The van der Waals surface area contributed by atoms with E-state index in [1.165, 1.54) is 12.1 Å². The Balaban J connectivity index is 1.55. The first-order valence-electron chi connectivity index (χ1n) is 8.01. The smallest absolute Gasteiger partial charge is 0.240 e. The summed E-state index contributed by atoms with van der Waals surface area (Å²) in [5.74, 6) is 0.270. The van der Waals surface area contributed by atoms with Crippen molar-refractivity contribution in [2.24, 2.45) is 5.73 Å². The number of nitrogens with one attached hydrogen (secondary N) is 1. The highest BCUT2D eigenvalue weighted by molar-refractivity contribution is 5.86. The van der Waals surface area contributed by atoms with Crippen LogP contribution in [0.2, 0.25) is 0 Å². The minimum atomic E-state index is -0.728. The number of nitrogens with two attached hydrogens (primary N) is 1. The number of hydrogen-bond donors (Lipinski definition) is 2. The fourth-order valence-electron chi connectivity index (χ4n) is 2.82. The van der Waals surface area contributed by atoms with Crippen LogP contribution in [0.25, 0.3) is 0 Å². The van der Waals surface area contributed by atoms with Crippen molar-refractivity contribution in [3.05, 3.63) is 54.0 Å². The molecule has 1 aromatic carbocycles. The van der Waals surface area contributed by atoms with Gasteiger partial charge in [-0.25, -0.2) is 9.37 Å². The van der Waals surface area contributed by atoms with Gasteiger partial charge in [-0.2, -0.15) is 0 Å². The minimum absolute atomic E-state index is 0.111. The zero-order chi connectivity index (χ0) is 17.0. The summed E-state index contributed by atoms with van der Waals surface area (Å²) in [6, 6.07) is 9.35. The quantitative estimate of drug-likeness (QED) is 0.884. The fourth-order valence-corrected chi connectivity index (χ4v) is 2.82. The van der Waals surface area contributed by atoms with Crippen LogP contribution in [0.4, 0.5) is 4.39 Å². The minimum Gasteiger partial charge on any atom is -0.439 e. The number of carbonyl (C=O) groups is 1. The molecule has 1 aliphatic carbocycles. The molecular weight excluding hydrogens is 309 g/mol. The molecule has 24 heavy (non-hydrogen) atoms. The second-order valence-electron chi connectivity index (χ2n) is 6.11. The van der Waals surface area contributed by atoms with E-state index in [0.29, 0.717) is 18.2 Å². The van der Waals surface area contributed by atoms with Crippen LogP contribution in [0, 0.1) is 5.82 Å². The zero-order valence-electron chi connectivity index (χ0n) is 13.3. The van der Waals surface area contributed by atoms with Gasteiger partial charge >= 0.3 is 0 Å². The van der Waals surface area contributed by atoms with Gasteiger partial charge in [0.2, 0.25) is 11.8 Å². The van der Waals surface area contributed by atoms with E-state index in [9.17, 15) is 9.18 Å². The topological polar surface area (TPSA) is 77.2 Å². The van der Waals surface area contributed by atoms with Gasteiger partial charge in [0.05, 0.1) is 5.54 Å². The zero-order valence-corrected chi connectivity index (χ0v) is 13.3. The molecule has 1 saturated carbocycles. The number of ether oxygens (including phenoxy) is 1. The summed E-state index contributed by atoms with van der Waals surface area (Å²) in [6.45, 7) is 0.366. The van der Waals surface area contributed by atoms with Gasteiger partial charge in [0.25, 0.3) is 0 Å². The van der Waals surface area contributed by atoms with Crippen molar-refractivity contribution in [3.8, 4) is 11.6 Å². The van der Waals surface area contributed by atoms with Crippen LogP contribution in [0.5, 0.6) is 11.6 Å². The number of hydrogen-bond acceptors (Lipinski definition) is 4. The van der Waals surface area contributed by atoms with Gasteiger partial charge in [-0.3, -0.25) is 4.79 Å². The number of aromatic nitrogens is 1. The molecule has 1 heterocycles. The van der Waals surface area contributed by atoms with Crippen LogP contribution in [0.15, 0.2) is 42.6 Å². The molecule has 0 saturated heterocycles. The van der Waals surface area contributed by atoms with Gasteiger partial charge in [-0.15, -0.1) is 0 Å². The Morgan fingerprint density at radius 2 is 2.08 bits per heavy atom. The molecule has 3 rings (SSSR count). The third kappa shape index (κ3) is 3.89. The Bertz CT molecular complexity index is 712. The fraction of sp³-hybridized carbons (Fsp3) is 0.333. The Hall–Kier alpha value is -2.47. The number of carbonyl (C=O) groups excluding carboxylic acids is 1. The molecule has 1 amide bonds. The highest BCUT2D eigenvalue weighted by Crippen LogP contribution is 2.27. The third-order valence-corrected chi connectivity index (χ3v) is 4.22. The van der Waals surface area contributed by atoms with Crippen LogP contribution >= 0.6 is 0 Å². The molecular formula is C18H20FN3O2. The van der Waals surface area contributed by atoms with Gasteiger partial charge in [0.15, 0.2) is 0 Å². The number of nitrogens with zero attached hydrogens (tertiary/aromatic N) is 1. The van der Waals surface area contributed by atoms with Crippen LogP contribution in [-0.4, -0.2) is 16.4 Å². The lowest BCUT2D eigenvalue weighted by atomic mass is 9.98. The summed E-state index contributed by atoms with van der Waals surface area (Å²) >= 11 is 0. The summed E-state index contributed by atoms with van der Waals surface area (Å²) in [4.78, 5) is 16.3. The molecule has 0 atom stereocenters. The SMILES string of the molecule is NC1(C(=O)NCc2ccc(Oc3cccc(F)c3)nc2)CCCC1. The van der Waals surface area contributed by atoms with E-state index in [4.69, 9.17) is 10.5 Å². The molecule has 1 aliphatic rings. The summed E-state index contributed by atoms with van der Waals surface area (Å²) in [7, 11) is 0. The average Bonchev–Trinajstić information content (AvgIpc) is 3.02. The molecule has 0 aliphatic heterocycles. The van der Waals surface area contributed by atoms with Crippen LogP contribution in [0.3, 0.4) is 0 Å². The maximum absolute atomic E-state index is 13.1. The van der Waals surface area contributed by atoms with Gasteiger partial charge in [0, 0.05) is 24.9 Å². The first-order valence-corrected chi connectivity index (χ1v) is 8.01. The van der Waals surface area contributed by atoms with Crippen LogP contribution < -0.4 is 15.8 Å². The highest BCUT2D eigenvalue weighted by atomic mass is 19.1. The Morgan fingerprint density at radius 1 is 1.29 bits per heavy atom. The summed E-state index contributed by atoms with van der Waals surface area (Å²) in [5.41, 5.74) is 6.23. The van der Waals surface area contributed by atoms with Crippen molar-refractivity contribution < 1.29 is 13.9 Å². The number of pyridine rings is 1. The van der Waals surface area contributed by atoms with E-state index in [0.717, 1.165) is 31.2 Å². The van der Waals surface area contributed by atoms with Gasteiger partial charge in [-0.1, -0.05) is 25.0 Å². The summed E-state index contributed by atoms with van der Waals surface area (Å²) in [5, 5.41) is 2.86. The standard InChI is InChI=1S/C18H20FN3O2/c19-14-4-3-5-15(10-14)24-16-7-6-13(11-21-16)12-22-17(23)18(20)8-1-2-9-18/h3-7,10-11H,1-2,8-9,12,20H2,(H,22,23). The Morgan fingerprint density at radius 3 is 2.75 bits per heavy atom. The lowest BCUT2D eigenvalue weighted by Crippen LogP contribution is -2.51. The van der Waals surface area contributed by atoms with E-state index in [1.54, 1.807) is 30.5 Å². The van der Waals surface area contributed by atoms with Gasteiger partial charge in [0.1, 0.15) is 11.6 Å². The van der Waals surface area contributed by atoms with E-state index in [1.807, 2.05) is 0 Å². The molecule has 6 heteroatoms.